The maximum Gasteiger partial charge on any atom is 0.214 e. The summed E-state index contributed by atoms with van der Waals surface area (Å²) in [5.74, 6) is 1.53. The molecule has 1 heterocycles. The molecule has 1 saturated heterocycles. The Bertz CT molecular complexity index is 397. The highest BCUT2D eigenvalue weighted by Gasteiger charge is 2.45. The van der Waals surface area contributed by atoms with Crippen molar-refractivity contribution in [2.24, 2.45) is 11.8 Å². The maximum atomic E-state index is 12.1. The largest absolute Gasteiger partial charge is 0.377 e. The molecule has 2 aliphatic carbocycles. The van der Waals surface area contributed by atoms with Crippen LogP contribution in [0.1, 0.15) is 51.4 Å². The molecule has 0 bridgehead atoms. The zero-order chi connectivity index (χ0) is 13.3. The molecule has 0 amide bonds. The van der Waals surface area contributed by atoms with Crippen molar-refractivity contribution in [3.05, 3.63) is 0 Å². The Morgan fingerprint density at radius 1 is 1.05 bits per heavy atom. The minimum Gasteiger partial charge on any atom is -0.377 e. The molecule has 3 fully saturated rings. The van der Waals surface area contributed by atoms with Gasteiger partial charge in [-0.25, -0.2) is 13.1 Å². The van der Waals surface area contributed by atoms with Gasteiger partial charge in [-0.15, -0.1) is 0 Å². The molecule has 3 unspecified atom stereocenters. The Labute approximate surface area is 116 Å². The number of sulfonamides is 1. The molecule has 0 radical (unpaired) electrons. The molecule has 3 atom stereocenters. The molecular formula is C14H25NO3S. The second kappa shape index (κ2) is 5.70. The first-order valence-electron chi connectivity index (χ1n) is 7.76. The van der Waals surface area contributed by atoms with E-state index in [1.807, 2.05) is 0 Å². The van der Waals surface area contributed by atoms with E-state index in [9.17, 15) is 8.42 Å². The fraction of sp³-hybridized carbons (Fsp3) is 1.00. The van der Waals surface area contributed by atoms with E-state index in [1.165, 1.54) is 32.1 Å². The Morgan fingerprint density at radius 2 is 1.84 bits per heavy atom. The van der Waals surface area contributed by atoms with Crippen LogP contribution >= 0.6 is 0 Å². The molecule has 0 aromatic heterocycles. The van der Waals surface area contributed by atoms with Crippen LogP contribution in [-0.4, -0.2) is 32.9 Å². The van der Waals surface area contributed by atoms with E-state index in [2.05, 4.69) is 4.72 Å². The predicted molar refractivity (Wildman–Crippen MR) is 74.4 cm³/mol. The van der Waals surface area contributed by atoms with Crippen molar-refractivity contribution in [2.45, 2.75) is 63.5 Å². The average Bonchev–Trinajstić information content (AvgIpc) is 2.93. The number of hydrogen-bond acceptors (Lipinski definition) is 3. The van der Waals surface area contributed by atoms with Gasteiger partial charge in [0.2, 0.25) is 10.0 Å². The van der Waals surface area contributed by atoms with Gasteiger partial charge in [0.25, 0.3) is 0 Å². The summed E-state index contributed by atoms with van der Waals surface area (Å²) in [5.41, 5.74) is 0. The zero-order valence-corrected chi connectivity index (χ0v) is 12.3. The molecule has 3 aliphatic rings. The van der Waals surface area contributed by atoms with E-state index < -0.39 is 10.0 Å². The highest BCUT2D eigenvalue weighted by Crippen LogP contribution is 2.44. The SMILES string of the molecule is O=S(=O)(CC1CCCO1)NC1CC1C1CCCCC1. The number of hydrogen-bond donors (Lipinski definition) is 1. The molecule has 1 aliphatic heterocycles. The third kappa shape index (κ3) is 3.70. The third-order valence-corrected chi connectivity index (χ3v) is 6.33. The molecule has 0 aromatic rings. The highest BCUT2D eigenvalue weighted by atomic mass is 32.2. The lowest BCUT2D eigenvalue weighted by Crippen LogP contribution is -2.34. The first kappa shape index (κ1) is 13.8. The van der Waals surface area contributed by atoms with Crippen molar-refractivity contribution in [1.29, 1.82) is 0 Å². The Hall–Kier alpha value is -0.130. The Kier molecular flexibility index (Phi) is 4.15. The lowest BCUT2D eigenvalue weighted by molar-refractivity contribution is 0.127. The van der Waals surface area contributed by atoms with E-state index >= 15 is 0 Å². The molecule has 1 N–H and O–H groups in total. The van der Waals surface area contributed by atoms with Gasteiger partial charge >= 0.3 is 0 Å². The molecule has 110 valence electrons. The van der Waals surface area contributed by atoms with Gasteiger partial charge in [0.05, 0.1) is 11.9 Å². The summed E-state index contributed by atoms with van der Waals surface area (Å²) in [6.45, 7) is 0.717. The molecule has 3 rings (SSSR count). The van der Waals surface area contributed by atoms with Crippen molar-refractivity contribution in [1.82, 2.24) is 4.72 Å². The van der Waals surface area contributed by atoms with E-state index in [-0.39, 0.29) is 17.9 Å². The van der Waals surface area contributed by atoms with Crippen LogP contribution in [0.3, 0.4) is 0 Å². The first-order valence-corrected chi connectivity index (χ1v) is 9.41. The van der Waals surface area contributed by atoms with Crippen LogP contribution in [0.25, 0.3) is 0 Å². The lowest BCUT2D eigenvalue weighted by atomic mass is 9.86. The number of rotatable bonds is 5. The van der Waals surface area contributed by atoms with Crippen LogP contribution in [0.4, 0.5) is 0 Å². The molecule has 5 heteroatoms. The van der Waals surface area contributed by atoms with E-state index in [4.69, 9.17) is 4.74 Å². The minimum absolute atomic E-state index is 0.0793. The highest BCUT2D eigenvalue weighted by molar-refractivity contribution is 7.89. The van der Waals surface area contributed by atoms with Gasteiger partial charge in [-0.05, 0) is 31.1 Å². The van der Waals surface area contributed by atoms with Gasteiger partial charge in [0.15, 0.2) is 0 Å². The van der Waals surface area contributed by atoms with Crippen LogP contribution in [0, 0.1) is 11.8 Å². The second-order valence-corrected chi connectivity index (χ2v) is 8.24. The fourth-order valence-electron chi connectivity index (χ4n) is 3.73. The summed E-state index contributed by atoms with van der Waals surface area (Å²) in [5, 5.41) is 0. The van der Waals surface area contributed by atoms with Gasteiger partial charge in [-0.2, -0.15) is 0 Å². The summed E-state index contributed by atoms with van der Waals surface area (Å²) in [6.07, 6.45) is 9.47. The van der Waals surface area contributed by atoms with Gasteiger partial charge in [-0.3, -0.25) is 0 Å². The summed E-state index contributed by atoms with van der Waals surface area (Å²) in [4.78, 5) is 0. The van der Waals surface area contributed by atoms with Crippen LogP contribution in [0.2, 0.25) is 0 Å². The summed E-state index contributed by atoms with van der Waals surface area (Å²) in [7, 11) is -3.15. The fourth-order valence-corrected chi connectivity index (χ4v) is 5.31. The van der Waals surface area contributed by atoms with Gasteiger partial charge in [0, 0.05) is 12.6 Å². The van der Waals surface area contributed by atoms with Crippen LogP contribution in [0.5, 0.6) is 0 Å². The van der Waals surface area contributed by atoms with Crippen molar-refractivity contribution in [3.8, 4) is 0 Å². The quantitative estimate of drug-likeness (QED) is 0.842. The first-order chi connectivity index (χ1) is 9.14. The monoisotopic (exact) mass is 287 g/mol. The van der Waals surface area contributed by atoms with Gasteiger partial charge in [-0.1, -0.05) is 32.1 Å². The van der Waals surface area contributed by atoms with E-state index in [1.54, 1.807) is 0 Å². The normalized spacial score (nSPS) is 36.5. The summed E-state index contributed by atoms with van der Waals surface area (Å²) >= 11 is 0. The van der Waals surface area contributed by atoms with Gasteiger partial charge < -0.3 is 4.74 Å². The molecule has 4 nitrogen and oxygen atoms in total. The summed E-state index contributed by atoms with van der Waals surface area (Å²) in [6, 6.07) is 0.217. The third-order valence-electron chi connectivity index (χ3n) is 4.86. The van der Waals surface area contributed by atoms with E-state index in [0.29, 0.717) is 12.5 Å². The van der Waals surface area contributed by atoms with Crippen LogP contribution in [-0.2, 0) is 14.8 Å². The molecule has 19 heavy (non-hydrogen) atoms. The van der Waals surface area contributed by atoms with Crippen molar-refractivity contribution >= 4 is 10.0 Å². The minimum atomic E-state index is -3.15. The Balaban J connectivity index is 1.46. The van der Waals surface area contributed by atoms with Crippen molar-refractivity contribution < 1.29 is 13.2 Å². The Morgan fingerprint density at radius 3 is 2.53 bits per heavy atom. The second-order valence-electron chi connectivity index (χ2n) is 6.44. The maximum absolute atomic E-state index is 12.1. The topological polar surface area (TPSA) is 55.4 Å². The zero-order valence-electron chi connectivity index (χ0n) is 11.5. The van der Waals surface area contributed by atoms with Crippen molar-refractivity contribution in [2.75, 3.05) is 12.4 Å². The van der Waals surface area contributed by atoms with Crippen molar-refractivity contribution in [3.63, 3.8) is 0 Å². The van der Waals surface area contributed by atoms with Crippen LogP contribution in [0.15, 0.2) is 0 Å². The molecule has 0 aromatic carbocycles. The molecule has 2 saturated carbocycles. The molecular weight excluding hydrogens is 262 g/mol. The number of nitrogens with one attached hydrogen (secondary N) is 1. The average molecular weight is 287 g/mol. The van der Waals surface area contributed by atoms with Gasteiger partial charge in [0.1, 0.15) is 0 Å². The van der Waals surface area contributed by atoms with E-state index in [0.717, 1.165) is 25.2 Å². The standard InChI is InChI=1S/C14H25NO3S/c16-19(17,10-12-7-4-8-18-12)15-14-9-13(14)11-5-2-1-3-6-11/h11-15H,1-10H2. The lowest BCUT2D eigenvalue weighted by Gasteiger charge is -2.21. The smallest absolute Gasteiger partial charge is 0.214 e. The number of ether oxygens (including phenoxy) is 1. The predicted octanol–water partition coefficient (Wildman–Crippen LogP) is 2.05. The molecule has 0 spiro atoms. The summed E-state index contributed by atoms with van der Waals surface area (Å²) < 4.78 is 32.5. The van der Waals surface area contributed by atoms with Crippen LogP contribution < -0.4 is 4.72 Å².